The number of likely N-dealkylation sites (N-methyl/N-ethyl adjacent to an activating group) is 1. The highest BCUT2D eigenvalue weighted by Crippen LogP contribution is 2.38. The molecule has 1 N–H and O–H groups in total. The van der Waals surface area contributed by atoms with E-state index in [1.54, 1.807) is 0 Å². The Labute approximate surface area is 473 Å². The van der Waals surface area contributed by atoms with Gasteiger partial charge in [-0.25, -0.2) is 0 Å². The molecule has 0 spiro atoms. The van der Waals surface area contributed by atoms with Crippen molar-refractivity contribution in [2.24, 2.45) is 0 Å². The smallest absolute Gasteiger partial charge is 0.306 e. The van der Waals surface area contributed by atoms with E-state index < -0.39 is 26.6 Å². The van der Waals surface area contributed by atoms with E-state index in [2.05, 4.69) is 135 Å². The highest BCUT2D eigenvalue weighted by molar-refractivity contribution is 7.45. The van der Waals surface area contributed by atoms with Crippen LogP contribution >= 0.6 is 7.82 Å². The van der Waals surface area contributed by atoms with Gasteiger partial charge in [0.15, 0.2) is 0 Å². The average Bonchev–Trinajstić information content (AvgIpc) is 3.39. The number of quaternary nitrogens is 1. The van der Waals surface area contributed by atoms with Crippen LogP contribution < -0.4 is 10.2 Å². The zero-order chi connectivity index (χ0) is 56.4. The summed E-state index contributed by atoms with van der Waals surface area (Å²) in [7, 11) is 1.13. The molecule has 10 heteroatoms. The summed E-state index contributed by atoms with van der Waals surface area (Å²) in [6.45, 7) is 6.63. The van der Waals surface area contributed by atoms with Gasteiger partial charge in [0.05, 0.1) is 33.8 Å². The van der Waals surface area contributed by atoms with Gasteiger partial charge in [-0.05, 0) is 122 Å². The molecule has 1 amide bonds. The summed E-state index contributed by atoms with van der Waals surface area (Å²) in [6, 6.07) is -0.925. The molecule has 440 valence electrons. The van der Waals surface area contributed by atoms with Crippen LogP contribution in [-0.4, -0.2) is 69.4 Å². The van der Waals surface area contributed by atoms with Crippen molar-refractivity contribution < 1.29 is 37.3 Å². The SMILES string of the molecule is CC/C=C\C/C=C\C/C=C\C/C=C\C/C=C\C/C=C\CCCCC(=O)NC(COP(=O)([O-])OCC[N+](C)(C)C)C(/C=C/CCCCCCCCCCC)OC(=O)CCCCCCCC/C=C\C/C=C\C/C=C\CCCCC. The minimum Gasteiger partial charge on any atom is -0.756 e. The first kappa shape index (κ1) is 73.4. The van der Waals surface area contributed by atoms with Crippen molar-refractivity contribution >= 4 is 19.7 Å². The summed E-state index contributed by atoms with van der Waals surface area (Å²) in [5.41, 5.74) is 0. The monoisotopic (exact) mass is 1090 g/mol. The Morgan fingerprint density at radius 1 is 0.468 bits per heavy atom. The van der Waals surface area contributed by atoms with Gasteiger partial charge in [0, 0.05) is 12.8 Å². The summed E-state index contributed by atoms with van der Waals surface area (Å²) in [5.74, 6) is -0.616. The zero-order valence-corrected chi connectivity index (χ0v) is 51.0. The van der Waals surface area contributed by atoms with Gasteiger partial charge in [-0.3, -0.25) is 14.2 Å². The van der Waals surface area contributed by atoms with Crippen LogP contribution in [0.15, 0.2) is 122 Å². The van der Waals surface area contributed by atoms with Crippen molar-refractivity contribution in [2.45, 2.75) is 251 Å². The number of carbonyl (C=O) groups is 2. The molecule has 77 heavy (non-hydrogen) atoms. The number of rotatable bonds is 54. The molecule has 3 atom stereocenters. The third-order valence-corrected chi connectivity index (χ3v) is 13.8. The third kappa shape index (κ3) is 56.9. The normalized spacial score (nSPS) is 14.5. The van der Waals surface area contributed by atoms with Gasteiger partial charge in [-0.15, -0.1) is 0 Å². The molecular formula is C67H115N2O7P. The third-order valence-electron chi connectivity index (χ3n) is 12.9. The summed E-state index contributed by atoms with van der Waals surface area (Å²) in [6.07, 6.45) is 77.4. The van der Waals surface area contributed by atoms with E-state index in [0.717, 1.165) is 122 Å². The van der Waals surface area contributed by atoms with Gasteiger partial charge >= 0.3 is 5.97 Å². The lowest BCUT2D eigenvalue weighted by molar-refractivity contribution is -0.870. The zero-order valence-electron chi connectivity index (χ0n) is 50.1. The quantitative estimate of drug-likeness (QED) is 0.0212. The molecule has 0 aliphatic heterocycles. The first-order valence-corrected chi connectivity index (χ1v) is 32.3. The number of phosphoric acid groups is 1. The van der Waals surface area contributed by atoms with E-state index in [0.29, 0.717) is 23.9 Å². The largest absolute Gasteiger partial charge is 0.756 e. The number of nitrogens with zero attached hydrogens (tertiary/aromatic N) is 1. The van der Waals surface area contributed by atoms with Gasteiger partial charge in [-0.1, -0.05) is 226 Å². The van der Waals surface area contributed by atoms with Crippen molar-refractivity contribution in [1.82, 2.24) is 5.32 Å². The minimum atomic E-state index is -4.72. The maximum Gasteiger partial charge on any atom is 0.306 e. The number of nitrogens with one attached hydrogen (secondary N) is 1. The molecule has 0 aromatic rings. The number of unbranched alkanes of at least 4 members (excludes halogenated alkanes) is 20. The Morgan fingerprint density at radius 3 is 1.29 bits per heavy atom. The van der Waals surface area contributed by atoms with E-state index in [-0.39, 0.29) is 31.3 Å². The summed E-state index contributed by atoms with van der Waals surface area (Å²) in [4.78, 5) is 40.0. The lowest BCUT2D eigenvalue weighted by Gasteiger charge is -2.30. The van der Waals surface area contributed by atoms with Gasteiger partial charge in [0.2, 0.25) is 5.91 Å². The van der Waals surface area contributed by atoms with Crippen LogP contribution in [0.1, 0.15) is 239 Å². The molecule has 9 nitrogen and oxygen atoms in total. The molecule has 0 radical (unpaired) electrons. The van der Waals surface area contributed by atoms with Crippen molar-refractivity contribution in [3.05, 3.63) is 122 Å². The summed E-state index contributed by atoms with van der Waals surface area (Å²) in [5, 5.41) is 2.99. The minimum absolute atomic E-state index is 0.0399. The van der Waals surface area contributed by atoms with Crippen LogP contribution in [0.5, 0.6) is 0 Å². The van der Waals surface area contributed by atoms with Crippen LogP contribution in [0.25, 0.3) is 0 Å². The van der Waals surface area contributed by atoms with E-state index >= 15 is 0 Å². The molecule has 0 heterocycles. The lowest BCUT2D eigenvalue weighted by atomic mass is 10.1. The van der Waals surface area contributed by atoms with E-state index in [1.165, 1.54) is 70.6 Å². The first-order valence-electron chi connectivity index (χ1n) is 30.8. The molecule has 0 fully saturated rings. The van der Waals surface area contributed by atoms with Gasteiger partial charge in [-0.2, -0.15) is 0 Å². The number of esters is 1. The van der Waals surface area contributed by atoms with Crippen molar-refractivity contribution in [3.63, 3.8) is 0 Å². The highest BCUT2D eigenvalue weighted by Gasteiger charge is 2.27. The number of hydrogen-bond acceptors (Lipinski definition) is 7. The Balaban J connectivity index is 5.35. The van der Waals surface area contributed by atoms with Crippen molar-refractivity contribution in [3.8, 4) is 0 Å². The van der Waals surface area contributed by atoms with Crippen molar-refractivity contribution in [1.29, 1.82) is 0 Å². The van der Waals surface area contributed by atoms with Gasteiger partial charge < -0.3 is 28.5 Å². The second kappa shape index (κ2) is 55.7. The molecule has 0 aliphatic carbocycles. The second-order valence-electron chi connectivity index (χ2n) is 21.5. The van der Waals surface area contributed by atoms with Crippen molar-refractivity contribution in [2.75, 3.05) is 40.9 Å². The summed E-state index contributed by atoms with van der Waals surface area (Å²) < 4.78 is 30.2. The number of amides is 1. The Hall–Kier alpha value is -3.59. The second-order valence-corrected chi connectivity index (χ2v) is 22.9. The maximum atomic E-state index is 13.5. The molecule has 3 unspecified atom stereocenters. The van der Waals surface area contributed by atoms with Crippen LogP contribution in [0, 0.1) is 0 Å². The van der Waals surface area contributed by atoms with Gasteiger partial charge in [0.25, 0.3) is 7.82 Å². The van der Waals surface area contributed by atoms with E-state index in [9.17, 15) is 19.0 Å². The first-order chi connectivity index (χ1) is 37.4. The fourth-order valence-corrected chi connectivity index (χ4v) is 8.84. The molecule has 0 saturated carbocycles. The van der Waals surface area contributed by atoms with Crippen LogP contribution in [-0.2, 0) is 27.9 Å². The molecule has 0 rings (SSSR count). The maximum absolute atomic E-state index is 13.5. The van der Waals surface area contributed by atoms with Crippen LogP contribution in [0.3, 0.4) is 0 Å². The molecule has 0 saturated heterocycles. The predicted octanol–water partition coefficient (Wildman–Crippen LogP) is 18.5. The summed E-state index contributed by atoms with van der Waals surface area (Å²) >= 11 is 0. The molecule has 0 aliphatic rings. The van der Waals surface area contributed by atoms with Gasteiger partial charge in [0.1, 0.15) is 19.3 Å². The number of carbonyl (C=O) groups excluding carboxylic acids is 2. The topological polar surface area (TPSA) is 114 Å². The predicted molar refractivity (Wildman–Crippen MR) is 330 cm³/mol. The van der Waals surface area contributed by atoms with Crippen LogP contribution in [0.2, 0.25) is 0 Å². The average molecular weight is 1090 g/mol. The van der Waals surface area contributed by atoms with Crippen LogP contribution in [0.4, 0.5) is 0 Å². The Bertz CT molecular complexity index is 1730. The standard InChI is InChI=1S/C67H115N2O7P/c1-7-10-13-16-19-22-25-27-29-31-33-34-36-37-39-41-44-47-50-53-56-59-66(70)68-64(63-75-77(72,73)74-62-61-69(4,5)6)65(58-55-52-49-46-43-24-21-18-15-12-9-3)76-67(71)60-57-54-51-48-45-42-40-38-35-32-30-28-26-23-20-17-14-11-8-2/h10,13,19-20,22-23,27-30,33-35,37-39,44,47,55,58,64-65H,7-9,11-12,14-18,21,24-26,31-32,36,40-43,45-46,48-54,56-57,59-63H2,1-6H3,(H-,68,70,72,73)/b13-10-,22-19-,23-20-,29-27-,30-28-,34-33-,38-35-,39-37-,47-44-,58-55+. The molecule has 0 aromatic carbocycles. The fraction of sp³-hybridized carbons (Fsp3) is 0.672. The molecule has 0 bridgehead atoms. The number of ether oxygens (including phenoxy) is 1. The number of allylic oxidation sites excluding steroid dienone is 19. The molecular weight excluding hydrogens is 976 g/mol. The Morgan fingerprint density at radius 2 is 0.831 bits per heavy atom. The highest BCUT2D eigenvalue weighted by atomic mass is 31.2. The van der Waals surface area contributed by atoms with E-state index in [4.69, 9.17) is 13.8 Å². The van der Waals surface area contributed by atoms with E-state index in [1.807, 2.05) is 33.3 Å². The lowest BCUT2D eigenvalue weighted by Crippen LogP contribution is -2.47. The molecule has 0 aromatic heterocycles. The fourth-order valence-electron chi connectivity index (χ4n) is 8.12. The Kier molecular flexibility index (Phi) is 53.1. The number of hydrogen-bond donors (Lipinski definition) is 1. The number of phosphoric ester groups is 1.